The first-order valence-corrected chi connectivity index (χ1v) is 8.31. The minimum absolute atomic E-state index is 0.0167. The Balaban J connectivity index is 1.56. The summed E-state index contributed by atoms with van der Waals surface area (Å²) < 4.78 is 12.1. The molecule has 1 aliphatic heterocycles. The maximum atomic E-state index is 6.26. The number of halogens is 1. The van der Waals surface area contributed by atoms with Gasteiger partial charge in [-0.05, 0) is 50.3 Å². The lowest BCUT2D eigenvalue weighted by molar-refractivity contribution is -0.0508. The normalized spacial score (nSPS) is 25.4. The molecular formula is C17H24ClNO2. The highest BCUT2D eigenvalue weighted by Gasteiger charge is 2.42. The van der Waals surface area contributed by atoms with Crippen LogP contribution in [0.2, 0.25) is 5.02 Å². The fourth-order valence-corrected chi connectivity index (χ4v) is 3.74. The Morgan fingerprint density at radius 3 is 2.81 bits per heavy atom. The summed E-state index contributed by atoms with van der Waals surface area (Å²) in [6.07, 6.45) is 7.51. The standard InChI is InChI=1S/C17H24ClNO2/c1-12(19)13-4-5-16(15(18)10-13)20-11-14-6-9-17(21-14)7-2-3-8-17/h4-5,10,12,14H,2-3,6-9,11,19H2,1H3/t12-,14?/m1/s1. The molecule has 0 radical (unpaired) electrons. The fourth-order valence-electron chi connectivity index (χ4n) is 3.50. The Labute approximate surface area is 131 Å². The van der Waals surface area contributed by atoms with Gasteiger partial charge in [0.05, 0.1) is 16.7 Å². The van der Waals surface area contributed by atoms with Crippen LogP contribution in [0.1, 0.15) is 57.1 Å². The van der Waals surface area contributed by atoms with Gasteiger partial charge in [0.15, 0.2) is 0 Å². The third-order valence-corrected chi connectivity index (χ3v) is 5.06. The molecule has 1 spiro atoms. The summed E-state index contributed by atoms with van der Waals surface area (Å²) in [6, 6.07) is 5.74. The van der Waals surface area contributed by atoms with E-state index in [0.717, 1.165) is 17.7 Å². The van der Waals surface area contributed by atoms with Crippen LogP contribution in [0.15, 0.2) is 18.2 Å². The molecule has 2 aliphatic rings. The van der Waals surface area contributed by atoms with Gasteiger partial charge in [-0.3, -0.25) is 0 Å². The van der Waals surface area contributed by atoms with E-state index in [0.29, 0.717) is 11.6 Å². The minimum atomic E-state index is -0.0167. The first kappa shape index (κ1) is 15.1. The zero-order valence-electron chi connectivity index (χ0n) is 12.6. The Bertz CT molecular complexity index is 498. The average Bonchev–Trinajstić information content (AvgIpc) is 3.08. The number of rotatable bonds is 4. The van der Waals surface area contributed by atoms with Crippen LogP contribution < -0.4 is 10.5 Å². The molecule has 2 N–H and O–H groups in total. The second-order valence-electron chi connectivity index (χ2n) is 6.46. The lowest BCUT2D eigenvalue weighted by Gasteiger charge is -2.24. The Morgan fingerprint density at radius 1 is 1.38 bits per heavy atom. The molecular weight excluding hydrogens is 286 g/mol. The average molecular weight is 310 g/mol. The molecule has 4 heteroatoms. The summed E-state index contributed by atoms with van der Waals surface area (Å²) in [6.45, 7) is 2.53. The van der Waals surface area contributed by atoms with Crippen LogP contribution in [0.25, 0.3) is 0 Å². The fraction of sp³-hybridized carbons (Fsp3) is 0.647. The molecule has 2 atom stereocenters. The topological polar surface area (TPSA) is 44.5 Å². The Morgan fingerprint density at radius 2 is 2.14 bits per heavy atom. The molecule has 2 fully saturated rings. The van der Waals surface area contributed by atoms with Gasteiger partial charge in [-0.1, -0.05) is 30.5 Å². The molecule has 1 aromatic carbocycles. The van der Waals surface area contributed by atoms with Gasteiger partial charge in [-0.25, -0.2) is 0 Å². The van der Waals surface area contributed by atoms with Crippen molar-refractivity contribution in [1.82, 2.24) is 0 Å². The second-order valence-corrected chi connectivity index (χ2v) is 6.87. The van der Waals surface area contributed by atoms with E-state index in [9.17, 15) is 0 Å². The van der Waals surface area contributed by atoms with Gasteiger partial charge in [0.25, 0.3) is 0 Å². The van der Waals surface area contributed by atoms with E-state index in [4.69, 9.17) is 26.8 Å². The molecule has 3 rings (SSSR count). The molecule has 1 saturated heterocycles. The first-order valence-electron chi connectivity index (χ1n) is 7.94. The van der Waals surface area contributed by atoms with Crippen molar-refractivity contribution in [3.63, 3.8) is 0 Å². The molecule has 1 heterocycles. The minimum Gasteiger partial charge on any atom is -0.489 e. The van der Waals surface area contributed by atoms with Crippen molar-refractivity contribution in [2.45, 2.75) is 63.2 Å². The third kappa shape index (κ3) is 3.36. The van der Waals surface area contributed by atoms with Crippen LogP contribution in [-0.4, -0.2) is 18.3 Å². The van der Waals surface area contributed by atoms with E-state index in [2.05, 4.69) is 0 Å². The number of benzene rings is 1. The molecule has 116 valence electrons. The maximum Gasteiger partial charge on any atom is 0.138 e. The third-order valence-electron chi connectivity index (χ3n) is 4.76. The summed E-state index contributed by atoms with van der Waals surface area (Å²) in [5.41, 5.74) is 7.04. The summed E-state index contributed by atoms with van der Waals surface area (Å²) in [5.74, 6) is 0.719. The number of ether oxygens (including phenoxy) is 2. The number of hydrogen-bond donors (Lipinski definition) is 1. The van der Waals surface area contributed by atoms with Crippen LogP contribution >= 0.6 is 11.6 Å². The van der Waals surface area contributed by atoms with Gasteiger partial charge in [-0.2, -0.15) is 0 Å². The van der Waals surface area contributed by atoms with Crippen molar-refractivity contribution in [3.8, 4) is 5.75 Å². The van der Waals surface area contributed by atoms with E-state index in [1.54, 1.807) is 0 Å². The lowest BCUT2D eigenvalue weighted by Crippen LogP contribution is -2.27. The molecule has 0 aromatic heterocycles. The summed E-state index contributed by atoms with van der Waals surface area (Å²) in [5, 5.41) is 0.623. The molecule has 0 amide bonds. The molecule has 0 bridgehead atoms. The Hall–Kier alpha value is -0.770. The number of nitrogens with two attached hydrogens (primary N) is 1. The summed E-state index contributed by atoms with van der Waals surface area (Å²) in [4.78, 5) is 0. The van der Waals surface area contributed by atoms with Crippen LogP contribution in [0.3, 0.4) is 0 Å². The lowest BCUT2D eigenvalue weighted by atomic mass is 9.98. The largest absolute Gasteiger partial charge is 0.489 e. The molecule has 1 aliphatic carbocycles. The summed E-state index contributed by atoms with van der Waals surface area (Å²) in [7, 11) is 0. The van der Waals surface area contributed by atoms with Gasteiger partial charge in [0.1, 0.15) is 12.4 Å². The van der Waals surface area contributed by atoms with E-state index in [-0.39, 0.29) is 17.7 Å². The molecule has 21 heavy (non-hydrogen) atoms. The van der Waals surface area contributed by atoms with E-state index in [1.165, 1.54) is 32.1 Å². The zero-order valence-corrected chi connectivity index (χ0v) is 13.4. The van der Waals surface area contributed by atoms with E-state index >= 15 is 0 Å². The molecule has 1 unspecified atom stereocenters. The van der Waals surface area contributed by atoms with Crippen LogP contribution in [-0.2, 0) is 4.74 Å². The van der Waals surface area contributed by atoms with Gasteiger partial charge in [-0.15, -0.1) is 0 Å². The van der Waals surface area contributed by atoms with Gasteiger partial charge in [0.2, 0.25) is 0 Å². The van der Waals surface area contributed by atoms with Gasteiger partial charge >= 0.3 is 0 Å². The van der Waals surface area contributed by atoms with Crippen molar-refractivity contribution >= 4 is 11.6 Å². The van der Waals surface area contributed by atoms with Gasteiger partial charge in [0, 0.05) is 6.04 Å². The van der Waals surface area contributed by atoms with Crippen molar-refractivity contribution in [2.75, 3.05) is 6.61 Å². The van der Waals surface area contributed by atoms with E-state index in [1.807, 2.05) is 25.1 Å². The van der Waals surface area contributed by atoms with Crippen molar-refractivity contribution in [2.24, 2.45) is 5.73 Å². The predicted molar refractivity (Wildman–Crippen MR) is 84.9 cm³/mol. The van der Waals surface area contributed by atoms with Crippen LogP contribution in [0, 0.1) is 0 Å². The molecule has 3 nitrogen and oxygen atoms in total. The highest BCUT2D eigenvalue weighted by molar-refractivity contribution is 6.32. The molecule has 1 saturated carbocycles. The quantitative estimate of drug-likeness (QED) is 0.905. The smallest absolute Gasteiger partial charge is 0.138 e. The van der Waals surface area contributed by atoms with Crippen molar-refractivity contribution < 1.29 is 9.47 Å². The first-order chi connectivity index (χ1) is 10.1. The van der Waals surface area contributed by atoms with Crippen LogP contribution in [0.5, 0.6) is 5.75 Å². The van der Waals surface area contributed by atoms with Gasteiger partial charge < -0.3 is 15.2 Å². The number of hydrogen-bond acceptors (Lipinski definition) is 3. The maximum absolute atomic E-state index is 6.26. The summed E-state index contributed by atoms with van der Waals surface area (Å²) >= 11 is 6.26. The second kappa shape index (κ2) is 6.15. The predicted octanol–water partition coefficient (Wildman–Crippen LogP) is 4.23. The monoisotopic (exact) mass is 309 g/mol. The molecule has 1 aromatic rings. The van der Waals surface area contributed by atoms with Crippen LogP contribution in [0.4, 0.5) is 0 Å². The Kier molecular flexibility index (Phi) is 4.43. The van der Waals surface area contributed by atoms with E-state index < -0.39 is 0 Å². The van der Waals surface area contributed by atoms with Crippen molar-refractivity contribution in [3.05, 3.63) is 28.8 Å². The van der Waals surface area contributed by atoms with Crippen molar-refractivity contribution in [1.29, 1.82) is 0 Å². The zero-order chi connectivity index (χ0) is 14.9. The highest BCUT2D eigenvalue weighted by Crippen LogP contribution is 2.43. The highest BCUT2D eigenvalue weighted by atomic mass is 35.5. The SMILES string of the molecule is C[C@@H](N)c1ccc(OCC2CCC3(CCCC3)O2)c(Cl)c1.